The van der Waals surface area contributed by atoms with Gasteiger partial charge in [0.25, 0.3) is 0 Å². The van der Waals surface area contributed by atoms with Crippen LogP contribution >= 0.6 is 0 Å². The summed E-state index contributed by atoms with van der Waals surface area (Å²) in [6.45, 7) is 1.72. The molecule has 0 aliphatic carbocycles. The van der Waals surface area contributed by atoms with Gasteiger partial charge in [-0.25, -0.2) is 8.78 Å². The normalized spacial score (nSPS) is 16.3. The predicted molar refractivity (Wildman–Crippen MR) is 98.0 cm³/mol. The van der Waals surface area contributed by atoms with E-state index < -0.39 is 30.0 Å². The van der Waals surface area contributed by atoms with Crippen molar-refractivity contribution in [1.29, 1.82) is 0 Å². The number of nitrogens with one attached hydrogen (secondary N) is 1. The van der Waals surface area contributed by atoms with Crippen molar-refractivity contribution < 1.29 is 28.3 Å². The van der Waals surface area contributed by atoms with E-state index in [4.69, 9.17) is 5.11 Å². The molecule has 2 amide bonds. The minimum absolute atomic E-state index is 0.0121. The van der Waals surface area contributed by atoms with Gasteiger partial charge in [0.05, 0.1) is 12.3 Å². The predicted octanol–water partition coefficient (Wildman–Crippen LogP) is 2.89. The van der Waals surface area contributed by atoms with Crippen molar-refractivity contribution in [3.8, 4) is 0 Å². The van der Waals surface area contributed by atoms with E-state index in [-0.39, 0.29) is 35.9 Å². The van der Waals surface area contributed by atoms with Crippen LogP contribution in [-0.4, -0.2) is 29.4 Å². The highest BCUT2D eigenvalue weighted by atomic mass is 19.1. The maximum Gasteiger partial charge on any atom is 0.307 e. The third kappa shape index (κ3) is 4.16. The summed E-state index contributed by atoms with van der Waals surface area (Å²) < 4.78 is 27.4. The molecule has 1 aliphatic heterocycles. The molecule has 1 heterocycles. The zero-order valence-corrected chi connectivity index (χ0v) is 15.0. The van der Waals surface area contributed by atoms with E-state index >= 15 is 0 Å². The van der Waals surface area contributed by atoms with Gasteiger partial charge in [0.1, 0.15) is 11.6 Å². The number of anilines is 2. The monoisotopic (exact) mass is 388 g/mol. The van der Waals surface area contributed by atoms with Gasteiger partial charge in [0.15, 0.2) is 0 Å². The largest absolute Gasteiger partial charge is 0.481 e. The first-order valence-corrected chi connectivity index (χ1v) is 8.62. The van der Waals surface area contributed by atoms with Crippen LogP contribution in [0.15, 0.2) is 36.4 Å². The Bertz CT molecular complexity index is 961. The van der Waals surface area contributed by atoms with E-state index in [0.29, 0.717) is 11.3 Å². The summed E-state index contributed by atoms with van der Waals surface area (Å²) in [7, 11) is 0. The summed E-state index contributed by atoms with van der Waals surface area (Å²) in [4.78, 5) is 36.8. The molecule has 1 fully saturated rings. The number of benzene rings is 2. The van der Waals surface area contributed by atoms with Gasteiger partial charge < -0.3 is 15.3 Å². The number of aryl methyl sites for hydroxylation is 1. The zero-order valence-electron chi connectivity index (χ0n) is 15.0. The summed E-state index contributed by atoms with van der Waals surface area (Å²) in [5.41, 5.74) is 1.11. The second-order valence-corrected chi connectivity index (χ2v) is 6.70. The number of hydrogen-bond donors (Lipinski definition) is 2. The Hall–Kier alpha value is -3.29. The lowest BCUT2D eigenvalue weighted by molar-refractivity contribution is -0.136. The van der Waals surface area contributed by atoms with E-state index in [1.807, 2.05) is 0 Å². The number of carboxylic acids is 1. The maximum absolute atomic E-state index is 13.9. The van der Waals surface area contributed by atoms with Crippen molar-refractivity contribution >= 4 is 29.2 Å². The molecule has 146 valence electrons. The molecule has 0 saturated carbocycles. The lowest BCUT2D eigenvalue weighted by Crippen LogP contribution is -2.28. The third-order valence-electron chi connectivity index (χ3n) is 4.61. The molecular weight excluding hydrogens is 370 g/mol. The second-order valence-electron chi connectivity index (χ2n) is 6.70. The Morgan fingerprint density at radius 2 is 1.93 bits per heavy atom. The number of carbonyl (C=O) groups excluding carboxylic acids is 2. The second kappa shape index (κ2) is 7.75. The minimum Gasteiger partial charge on any atom is -0.481 e. The summed E-state index contributed by atoms with van der Waals surface area (Å²) in [6, 6.07) is 8.06. The van der Waals surface area contributed by atoms with Crippen molar-refractivity contribution in [2.45, 2.75) is 19.8 Å². The first-order chi connectivity index (χ1) is 13.2. The molecule has 0 spiro atoms. The van der Waals surface area contributed by atoms with Gasteiger partial charge in [-0.2, -0.15) is 0 Å². The van der Waals surface area contributed by atoms with E-state index in [9.17, 15) is 23.2 Å². The molecule has 2 N–H and O–H groups in total. The van der Waals surface area contributed by atoms with Crippen LogP contribution in [0.2, 0.25) is 0 Å². The number of aliphatic carboxylic acids is 1. The van der Waals surface area contributed by atoms with E-state index in [1.54, 1.807) is 13.0 Å². The number of hydrogen-bond acceptors (Lipinski definition) is 3. The summed E-state index contributed by atoms with van der Waals surface area (Å²) in [5.74, 6) is -3.60. The molecule has 1 aliphatic rings. The molecule has 6 nitrogen and oxygen atoms in total. The molecule has 2 aromatic rings. The first-order valence-electron chi connectivity index (χ1n) is 8.62. The first kappa shape index (κ1) is 19.5. The van der Waals surface area contributed by atoms with Gasteiger partial charge >= 0.3 is 5.97 Å². The van der Waals surface area contributed by atoms with Crippen molar-refractivity contribution in [2.24, 2.45) is 5.92 Å². The van der Waals surface area contributed by atoms with Crippen LogP contribution in [-0.2, 0) is 20.8 Å². The Balaban J connectivity index is 1.68. The zero-order chi connectivity index (χ0) is 20.4. The number of rotatable bonds is 5. The fourth-order valence-electron chi connectivity index (χ4n) is 3.11. The molecule has 28 heavy (non-hydrogen) atoms. The Kier molecular flexibility index (Phi) is 5.39. The molecule has 1 unspecified atom stereocenters. The Morgan fingerprint density at radius 1 is 1.18 bits per heavy atom. The van der Waals surface area contributed by atoms with Crippen molar-refractivity contribution in [1.82, 2.24) is 0 Å². The topological polar surface area (TPSA) is 86.7 Å². The maximum atomic E-state index is 13.9. The van der Waals surface area contributed by atoms with E-state index in [0.717, 1.165) is 6.07 Å². The highest BCUT2D eigenvalue weighted by Crippen LogP contribution is 2.27. The average molecular weight is 388 g/mol. The average Bonchev–Trinajstić information content (AvgIpc) is 3.01. The van der Waals surface area contributed by atoms with Gasteiger partial charge in [-0.3, -0.25) is 14.4 Å². The van der Waals surface area contributed by atoms with Crippen LogP contribution in [0.25, 0.3) is 0 Å². The van der Waals surface area contributed by atoms with E-state index in [2.05, 4.69) is 5.32 Å². The molecule has 1 saturated heterocycles. The molecule has 0 radical (unpaired) electrons. The van der Waals surface area contributed by atoms with Gasteiger partial charge in [0, 0.05) is 24.3 Å². The van der Waals surface area contributed by atoms with Crippen molar-refractivity contribution in [2.75, 3.05) is 16.8 Å². The number of halogens is 2. The molecular formula is C20H18F2N2O4. The number of nitrogens with zero attached hydrogens (tertiary/aromatic N) is 1. The van der Waals surface area contributed by atoms with Crippen LogP contribution in [0.3, 0.4) is 0 Å². The Morgan fingerprint density at radius 3 is 2.57 bits per heavy atom. The minimum atomic E-state index is -1.16. The van der Waals surface area contributed by atoms with Gasteiger partial charge in [-0.1, -0.05) is 6.07 Å². The Labute approximate surface area is 159 Å². The fraction of sp³-hybridized carbons (Fsp3) is 0.250. The van der Waals surface area contributed by atoms with Crippen molar-refractivity contribution in [3.63, 3.8) is 0 Å². The van der Waals surface area contributed by atoms with E-state index in [1.165, 1.54) is 29.2 Å². The van der Waals surface area contributed by atoms with Crippen LogP contribution in [0.1, 0.15) is 17.5 Å². The molecule has 8 heteroatoms. The standard InChI is InChI=1S/C20H18F2N2O4/c1-11-6-15(4-5-16(11)21)24-10-13(7-18(24)25)20(28)23-14-3-2-12(8-19(26)27)17(22)9-14/h2-6,9,13H,7-8,10H2,1H3,(H,23,28)(H,26,27). The smallest absolute Gasteiger partial charge is 0.307 e. The molecule has 0 aromatic heterocycles. The quantitative estimate of drug-likeness (QED) is 0.825. The number of carboxylic acid groups (broad SMARTS) is 1. The highest BCUT2D eigenvalue weighted by Gasteiger charge is 2.35. The molecule has 2 aromatic carbocycles. The highest BCUT2D eigenvalue weighted by molar-refractivity contribution is 6.03. The summed E-state index contributed by atoms with van der Waals surface area (Å²) >= 11 is 0. The van der Waals surface area contributed by atoms with Gasteiger partial charge in [0.2, 0.25) is 11.8 Å². The summed E-state index contributed by atoms with van der Waals surface area (Å²) in [6.07, 6.45) is -0.467. The molecule has 0 bridgehead atoms. The lowest BCUT2D eigenvalue weighted by atomic mass is 10.1. The number of amides is 2. The fourth-order valence-corrected chi connectivity index (χ4v) is 3.11. The van der Waals surface area contributed by atoms with Crippen LogP contribution < -0.4 is 10.2 Å². The summed E-state index contributed by atoms with van der Waals surface area (Å²) in [5, 5.41) is 11.3. The third-order valence-corrected chi connectivity index (χ3v) is 4.61. The molecule has 3 rings (SSSR count). The molecule has 1 atom stereocenters. The van der Waals surface area contributed by atoms with Crippen LogP contribution in [0, 0.1) is 24.5 Å². The van der Waals surface area contributed by atoms with Crippen molar-refractivity contribution in [3.05, 3.63) is 59.2 Å². The van der Waals surface area contributed by atoms with Gasteiger partial charge in [-0.15, -0.1) is 0 Å². The number of carbonyl (C=O) groups is 3. The van der Waals surface area contributed by atoms with Gasteiger partial charge in [-0.05, 0) is 48.4 Å². The van der Waals surface area contributed by atoms with Crippen LogP contribution in [0.5, 0.6) is 0 Å². The van der Waals surface area contributed by atoms with Crippen LogP contribution in [0.4, 0.5) is 20.2 Å². The SMILES string of the molecule is Cc1cc(N2CC(C(=O)Nc3ccc(CC(=O)O)c(F)c3)CC2=O)ccc1F. The lowest BCUT2D eigenvalue weighted by Gasteiger charge is -2.17.